The van der Waals surface area contributed by atoms with E-state index in [0.717, 1.165) is 61.8 Å². The minimum absolute atomic E-state index is 0. The summed E-state index contributed by atoms with van der Waals surface area (Å²) in [5.41, 5.74) is 0.895. The smallest absolute Gasteiger partial charge is 0.193 e. The third-order valence-electron chi connectivity index (χ3n) is 4.61. The zero-order valence-electron chi connectivity index (χ0n) is 14.4. The number of ether oxygens (including phenoxy) is 1. The van der Waals surface area contributed by atoms with E-state index in [2.05, 4.69) is 36.0 Å². The van der Waals surface area contributed by atoms with Crippen LogP contribution in [0.4, 0.5) is 4.39 Å². The minimum Gasteiger partial charge on any atom is -0.379 e. The van der Waals surface area contributed by atoms with Crippen LogP contribution in [0.15, 0.2) is 27.7 Å². The van der Waals surface area contributed by atoms with Gasteiger partial charge < -0.3 is 15.0 Å². The minimum atomic E-state index is -0.232. The fourth-order valence-electron chi connectivity index (χ4n) is 3.40. The quantitative estimate of drug-likeness (QED) is 0.373. The molecule has 2 aliphatic heterocycles. The third kappa shape index (κ3) is 5.77. The summed E-state index contributed by atoms with van der Waals surface area (Å²) >= 11 is 3.33. The summed E-state index contributed by atoms with van der Waals surface area (Å²) in [5, 5.41) is 3.35. The fraction of sp³-hybridized carbons (Fsp3) is 0.588. The van der Waals surface area contributed by atoms with E-state index in [1.54, 1.807) is 13.1 Å². The highest BCUT2D eigenvalue weighted by molar-refractivity contribution is 14.0. The molecule has 2 fully saturated rings. The van der Waals surface area contributed by atoms with Gasteiger partial charge in [0.05, 0.1) is 13.2 Å². The number of nitrogens with zero attached hydrogens (tertiary/aromatic N) is 3. The number of hydrogen-bond acceptors (Lipinski definition) is 3. The van der Waals surface area contributed by atoms with Crippen LogP contribution in [0.5, 0.6) is 0 Å². The number of benzene rings is 1. The summed E-state index contributed by atoms with van der Waals surface area (Å²) in [4.78, 5) is 9.19. The number of likely N-dealkylation sites (tertiary alicyclic amines) is 1. The average molecular weight is 527 g/mol. The Kier molecular flexibility index (Phi) is 8.37. The van der Waals surface area contributed by atoms with Gasteiger partial charge in [-0.1, -0.05) is 15.9 Å². The Morgan fingerprint density at radius 1 is 1.32 bits per heavy atom. The maximum Gasteiger partial charge on any atom is 0.193 e. The molecule has 2 heterocycles. The summed E-state index contributed by atoms with van der Waals surface area (Å²) in [6, 6.07) is 5.50. The van der Waals surface area contributed by atoms with E-state index in [1.807, 2.05) is 6.07 Å². The van der Waals surface area contributed by atoms with Crippen molar-refractivity contribution in [3.8, 4) is 0 Å². The number of rotatable bonds is 3. The van der Waals surface area contributed by atoms with Crippen molar-refractivity contribution in [3.05, 3.63) is 34.1 Å². The van der Waals surface area contributed by atoms with Gasteiger partial charge in [0.25, 0.3) is 0 Å². The lowest BCUT2D eigenvalue weighted by molar-refractivity contribution is 0.0195. The molecular formula is C17H25BrFIN4O. The molecular weight excluding hydrogens is 502 g/mol. The highest BCUT2D eigenvalue weighted by Gasteiger charge is 2.30. The van der Waals surface area contributed by atoms with Crippen LogP contribution in [-0.4, -0.2) is 68.2 Å². The van der Waals surface area contributed by atoms with Gasteiger partial charge >= 0.3 is 0 Å². The van der Waals surface area contributed by atoms with E-state index in [-0.39, 0.29) is 29.8 Å². The molecule has 1 N–H and O–H groups in total. The first-order valence-corrected chi connectivity index (χ1v) is 9.17. The Balaban J connectivity index is 0.00000225. The lowest BCUT2D eigenvalue weighted by atomic mass is 10.2. The molecule has 0 spiro atoms. The molecule has 2 aliphatic rings. The molecule has 1 atom stereocenters. The number of nitrogens with one attached hydrogen (secondary N) is 1. The van der Waals surface area contributed by atoms with Crippen molar-refractivity contribution in [2.45, 2.75) is 19.0 Å². The molecule has 0 aliphatic carbocycles. The largest absolute Gasteiger partial charge is 0.379 e. The van der Waals surface area contributed by atoms with E-state index >= 15 is 0 Å². The highest BCUT2D eigenvalue weighted by atomic mass is 127. The predicted octanol–water partition coefficient (Wildman–Crippen LogP) is 2.69. The van der Waals surface area contributed by atoms with Crippen LogP contribution < -0.4 is 5.32 Å². The standard InChI is InChI=1S/C17H24BrFN4O.HI/c1-20-17(21-11-13-8-14(18)10-15(19)9-13)23-3-2-16(12-23)22-4-6-24-7-5-22;/h8-10,16H,2-7,11-12H2,1H3,(H,20,21);1H. The first-order valence-electron chi connectivity index (χ1n) is 8.38. The molecule has 0 radical (unpaired) electrons. The number of aliphatic imine (C=N–C) groups is 1. The molecule has 140 valence electrons. The SMILES string of the molecule is CN=C(NCc1cc(F)cc(Br)c1)N1CCC(N2CCOCC2)C1.I. The van der Waals surface area contributed by atoms with Crippen LogP contribution in [0.2, 0.25) is 0 Å². The van der Waals surface area contributed by atoms with Crippen LogP contribution in [-0.2, 0) is 11.3 Å². The lowest BCUT2D eigenvalue weighted by Gasteiger charge is -2.32. The van der Waals surface area contributed by atoms with Gasteiger partial charge in [0.1, 0.15) is 5.82 Å². The van der Waals surface area contributed by atoms with Crippen molar-refractivity contribution in [2.24, 2.45) is 4.99 Å². The fourth-order valence-corrected chi connectivity index (χ4v) is 3.91. The first kappa shape index (κ1) is 20.9. The summed E-state index contributed by atoms with van der Waals surface area (Å²) in [6.45, 7) is 6.22. The zero-order valence-corrected chi connectivity index (χ0v) is 18.3. The van der Waals surface area contributed by atoms with Crippen LogP contribution >= 0.6 is 39.9 Å². The van der Waals surface area contributed by atoms with E-state index in [1.165, 1.54) is 6.07 Å². The molecule has 25 heavy (non-hydrogen) atoms. The van der Waals surface area contributed by atoms with E-state index in [4.69, 9.17) is 4.74 Å². The monoisotopic (exact) mass is 526 g/mol. The van der Waals surface area contributed by atoms with Crippen molar-refractivity contribution in [3.63, 3.8) is 0 Å². The molecule has 3 rings (SSSR count). The number of hydrogen-bond donors (Lipinski definition) is 1. The molecule has 0 aromatic heterocycles. The van der Waals surface area contributed by atoms with Crippen LogP contribution in [0.25, 0.3) is 0 Å². The van der Waals surface area contributed by atoms with Gasteiger partial charge in [0.2, 0.25) is 0 Å². The maximum absolute atomic E-state index is 13.5. The van der Waals surface area contributed by atoms with Gasteiger partial charge in [-0.2, -0.15) is 0 Å². The van der Waals surface area contributed by atoms with Gasteiger partial charge in [-0.25, -0.2) is 4.39 Å². The molecule has 1 aromatic rings. The molecule has 1 aromatic carbocycles. The highest BCUT2D eigenvalue weighted by Crippen LogP contribution is 2.18. The average Bonchev–Trinajstić information content (AvgIpc) is 3.05. The van der Waals surface area contributed by atoms with E-state index < -0.39 is 0 Å². The summed E-state index contributed by atoms with van der Waals surface area (Å²) in [5.74, 6) is 0.649. The first-order chi connectivity index (χ1) is 11.7. The predicted molar refractivity (Wildman–Crippen MR) is 112 cm³/mol. The second kappa shape index (κ2) is 10.0. The maximum atomic E-state index is 13.5. The Bertz CT molecular complexity index is 578. The van der Waals surface area contributed by atoms with Crippen LogP contribution in [0, 0.1) is 5.82 Å². The number of guanidine groups is 1. The Morgan fingerprint density at radius 2 is 2.08 bits per heavy atom. The molecule has 5 nitrogen and oxygen atoms in total. The zero-order chi connectivity index (χ0) is 16.9. The molecule has 0 bridgehead atoms. The van der Waals surface area contributed by atoms with Gasteiger partial charge in [-0.3, -0.25) is 9.89 Å². The normalized spacial score (nSPS) is 22.0. The van der Waals surface area contributed by atoms with Gasteiger partial charge in [0, 0.05) is 50.3 Å². The van der Waals surface area contributed by atoms with Gasteiger partial charge in [-0.15, -0.1) is 24.0 Å². The number of morpholine rings is 1. The van der Waals surface area contributed by atoms with E-state index in [0.29, 0.717) is 12.6 Å². The topological polar surface area (TPSA) is 40.1 Å². The van der Waals surface area contributed by atoms with Gasteiger partial charge in [0.15, 0.2) is 5.96 Å². The molecule has 8 heteroatoms. The van der Waals surface area contributed by atoms with Crippen molar-refractivity contribution in [2.75, 3.05) is 46.4 Å². The molecule has 2 saturated heterocycles. The molecule has 0 amide bonds. The van der Waals surface area contributed by atoms with Crippen molar-refractivity contribution >= 4 is 45.9 Å². The Morgan fingerprint density at radius 3 is 2.76 bits per heavy atom. The van der Waals surface area contributed by atoms with Gasteiger partial charge in [-0.05, 0) is 30.2 Å². The van der Waals surface area contributed by atoms with Crippen LogP contribution in [0.3, 0.4) is 0 Å². The van der Waals surface area contributed by atoms with Crippen molar-refractivity contribution in [1.82, 2.24) is 15.1 Å². The van der Waals surface area contributed by atoms with E-state index in [9.17, 15) is 4.39 Å². The Hall–Kier alpha value is -0.450. The number of halogens is 3. The summed E-state index contributed by atoms with van der Waals surface area (Å²) in [6.07, 6.45) is 1.15. The van der Waals surface area contributed by atoms with Crippen LogP contribution in [0.1, 0.15) is 12.0 Å². The lowest BCUT2D eigenvalue weighted by Crippen LogP contribution is -2.46. The summed E-state index contributed by atoms with van der Waals surface area (Å²) in [7, 11) is 1.80. The summed E-state index contributed by atoms with van der Waals surface area (Å²) < 4.78 is 19.7. The second-order valence-electron chi connectivity index (χ2n) is 6.22. The van der Waals surface area contributed by atoms with Crippen molar-refractivity contribution in [1.29, 1.82) is 0 Å². The third-order valence-corrected chi connectivity index (χ3v) is 5.07. The molecule has 1 unspecified atom stereocenters. The second-order valence-corrected chi connectivity index (χ2v) is 7.13. The van der Waals surface area contributed by atoms with Crippen molar-refractivity contribution < 1.29 is 9.13 Å². The molecule has 0 saturated carbocycles. The Labute approximate surface area is 174 Å².